The molecule has 184 valence electrons. The van der Waals surface area contributed by atoms with E-state index in [0.29, 0.717) is 29.8 Å². The van der Waals surface area contributed by atoms with Crippen LogP contribution in [-0.4, -0.2) is 30.1 Å². The summed E-state index contributed by atoms with van der Waals surface area (Å²) in [6, 6.07) is 0. The molecule has 4 heteroatoms. The maximum absolute atomic E-state index is 12.3. The fourth-order valence-electron chi connectivity index (χ4n) is 9.27. The van der Waals surface area contributed by atoms with E-state index in [9.17, 15) is 9.90 Å². The summed E-state index contributed by atoms with van der Waals surface area (Å²) in [7, 11) is 0. The van der Waals surface area contributed by atoms with Gasteiger partial charge in [0.05, 0.1) is 6.10 Å². The molecule has 9 unspecified atom stereocenters. The van der Waals surface area contributed by atoms with Gasteiger partial charge >= 0.3 is 5.97 Å². The van der Waals surface area contributed by atoms with Crippen LogP contribution in [0.4, 0.5) is 0 Å². The van der Waals surface area contributed by atoms with E-state index >= 15 is 0 Å². The zero-order valence-electron chi connectivity index (χ0n) is 21.3. The summed E-state index contributed by atoms with van der Waals surface area (Å²) in [6.07, 6.45) is 12.3. The number of carbonyl (C=O) groups excluding carboxylic acids is 1. The van der Waals surface area contributed by atoms with Crippen LogP contribution in [0.2, 0.25) is 0 Å². The average molecular weight is 449 g/mol. The number of esters is 1. The highest BCUT2D eigenvalue weighted by molar-refractivity contribution is 5.69. The molecule has 1 N–H and O–H groups in total. The number of aliphatic hydroxyl groups is 1. The SMILES string of the molecule is CCOC(C)OC(=O)CCC(C)C1CCC2C3CC[C@H]4CC(O)CCC4(C)C3CCC12C. The van der Waals surface area contributed by atoms with Gasteiger partial charge < -0.3 is 14.6 Å². The molecule has 4 saturated carbocycles. The van der Waals surface area contributed by atoms with Gasteiger partial charge in [0.15, 0.2) is 6.29 Å². The molecule has 4 nitrogen and oxygen atoms in total. The van der Waals surface area contributed by atoms with Crippen LogP contribution < -0.4 is 0 Å². The predicted octanol–water partition coefficient (Wildman–Crippen LogP) is 6.35. The van der Waals surface area contributed by atoms with Crippen molar-refractivity contribution in [1.82, 2.24) is 0 Å². The Bertz CT molecular complexity index is 664. The molecular weight excluding hydrogens is 400 g/mol. The standard InChI is InChI=1S/C28H48O4/c1-6-31-19(3)32-26(30)12-7-18(2)23-10-11-24-22-9-8-20-17-21(29)13-15-27(20,4)25(22)14-16-28(23,24)5/h18-25,29H,6-17H2,1-5H3/t18?,19?,20-,21?,22?,23?,24?,25?,27?,28?/m0/s1. The minimum atomic E-state index is -0.441. The summed E-state index contributed by atoms with van der Waals surface area (Å²) in [6.45, 7) is 11.8. The number of fused-ring (bicyclic) bond motifs is 5. The number of hydrogen-bond acceptors (Lipinski definition) is 4. The topological polar surface area (TPSA) is 55.8 Å². The first kappa shape index (κ1) is 24.5. The van der Waals surface area contributed by atoms with Gasteiger partial charge in [0.25, 0.3) is 0 Å². The quantitative estimate of drug-likeness (QED) is 0.364. The monoisotopic (exact) mass is 448 g/mol. The van der Waals surface area contributed by atoms with Crippen molar-refractivity contribution in [1.29, 1.82) is 0 Å². The molecule has 0 aromatic carbocycles. The zero-order chi connectivity index (χ0) is 23.1. The third-order valence-corrected chi connectivity index (χ3v) is 10.9. The maximum Gasteiger partial charge on any atom is 0.308 e. The number of aliphatic hydroxyl groups excluding tert-OH is 1. The van der Waals surface area contributed by atoms with E-state index < -0.39 is 6.29 Å². The first-order valence-electron chi connectivity index (χ1n) is 13.7. The second kappa shape index (κ2) is 9.56. The van der Waals surface area contributed by atoms with Gasteiger partial charge in [-0.15, -0.1) is 0 Å². The highest BCUT2D eigenvalue weighted by Gasteiger charge is 2.60. The average Bonchev–Trinajstić information content (AvgIpc) is 3.10. The molecule has 4 rings (SSSR count). The van der Waals surface area contributed by atoms with E-state index in [1.165, 1.54) is 44.9 Å². The Kier molecular flexibility index (Phi) is 7.33. The summed E-state index contributed by atoms with van der Waals surface area (Å²) in [5.41, 5.74) is 0.884. The number of carbonyl (C=O) groups is 1. The van der Waals surface area contributed by atoms with E-state index in [1.54, 1.807) is 6.92 Å². The summed E-state index contributed by atoms with van der Waals surface area (Å²) in [5.74, 6) is 4.49. The normalized spacial score (nSPS) is 45.3. The van der Waals surface area contributed by atoms with Crippen LogP contribution >= 0.6 is 0 Å². The summed E-state index contributed by atoms with van der Waals surface area (Å²) >= 11 is 0. The molecule has 0 aromatic heterocycles. The van der Waals surface area contributed by atoms with Gasteiger partial charge in [-0.1, -0.05) is 20.8 Å². The van der Waals surface area contributed by atoms with Crippen molar-refractivity contribution in [3.8, 4) is 0 Å². The van der Waals surface area contributed by atoms with Gasteiger partial charge in [-0.25, -0.2) is 0 Å². The number of hydrogen-bond donors (Lipinski definition) is 1. The second-order valence-electron chi connectivity index (χ2n) is 12.3. The minimum absolute atomic E-state index is 0.0570. The Hall–Kier alpha value is -0.610. The molecule has 0 radical (unpaired) electrons. The van der Waals surface area contributed by atoms with Crippen LogP contribution in [0.5, 0.6) is 0 Å². The van der Waals surface area contributed by atoms with Gasteiger partial charge in [0, 0.05) is 13.0 Å². The van der Waals surface area contributed by atoms with E-state index in [-0.39, 0.29) is 12.1 Å². The van der Waals surface area contributed by atoms with Gasteiger partial charge in [0.1, 0.15) is 0 Å². The molecule has 32 heavy (non-hydrogen) atoms. The van der Waals surface area contributed by atoms with Crippen molar-refractivity contribution >= 4 is 5.97 Å². The smallest absolute Gasteiger partial charge is 0.308 e. The molecule has 0 aliphatic heterocycles. The third kappa shape index (κ3) is 4.40. The molecule has 0 aromatic rings. The van der Waals surface area contributed by atoms with Crippen LogP contribution in [0.1, 0.15) is 105 Å². The molecule has 0 bridgehead atoms. The first-order chi connectivity index (χ1) is 15.2. The molecule has 0 heterocycles. The highest BCUT2D eigenvalue weighted by Crippen LogP contribution is 2.68. The van der Waals surface area contributed by atoms with Crippen LogP contribution in [0.15, 0.2) is 0 Å². The Morgan fingerprint density at radius 1 is 1.00 bits per heavy atom. The lowest BCUT2D eigenvalue weighted by Gasteiger charge is -2.61. The lowest BCUT2D eigenvalue weighted by atomic mass is 9.44. The van der Waals surface area contributed by atoms with Gasteiger partial charge in [-0.2, -0.15) is 0 Å². The van der Waals surface area contributed by atoms with Crippen LogP contribution in [0, 0.1) is 46.3 Å². The van der Waals surface area contributed by atoms with E-state index in [2.05, 4.69) is 20.8 Å². The molecule has 10 atom stereocenters. The summed E-state index contributed by atoms with van der Waals surface area (Å²) < 4.78 is 10.7. The minimum Gasteiger partial charge on any atom is -0.436 e. The van der Waals surface area contributed by atoms with E-state index in [4.69, 9.17) is 9.47 Å². The summed E-state index contributed by atoms with van der Waals surface area (Å²) in [5, 5.41) is 10.3. The van der Waals surface area contributed by atoms with Gasteiger partial charge in [-0.05, 0) is 124 Å². The van der Waals surface area contributed by atoms with Crippen LogP contribution in [0.3, 0.4) is 0 Å². The molecule has 4 aliphatic rings. The van der Waals surface area contributed by atoms with E-state index in [1.807, 2.05) is 6.92 Å². The lowest BCUT2D eigenvalue weighted by Crippen LogP contribution is -2.54. The van der Waals surface area contributed by atoms with Gasteiger partial charge in [-0.3, -0.25) is 4.79 Å². The number of ether oxygens (including phenoxy) is 2. The van der Waals surface area contributed by atoms with Crippen molar-refractivity contribution in [3.63, 3.8) is 0 Å². The molecule has 0 amide bonds. The Morgan fingerprint density at radius 2 is 1.72 bits per heavy atom. The van der Waals surface area contributed by atoms with Crippen molar-refractivity contribution in [2.45, 2.75) is 118 Å². The summed E-state index contributed by atoms with van der Waals surface area (Å²) in [4.78, 5) is 12.3. The fraction of sp³-hybridized carbons (Fsp3) is 0.964. The molecule has 4 fully saturated rings. The molecule has 0 saturated heterocycles. The highest BCUT2D eigenvalue weighted by atomic mass is 16.7. The van der Waals surface area contributed by atoms with Crippen molar-refractivity contribution < 1.29 is 19.4 Å². The van der Waals surface area contributed by atoms with Crippen LogP contribution in [0.25, 0.3) is 0 Å². The van der Waals surface area contributed by atoms with E-state index in [0.717, 1.165) is 48.9 Å². The fourth-order valence-corrected chi connectivity index (χ4v) is 9.27. The third-order valence-electron chi connectivity index (χ3n) is 10.9. The molecule has 4 aliphatic carbocycles. The molecule has 0 spiro atoms. The Morgan fingerprint density at radius 3 is 2.47 bits per heavy atom. The van der Waals surface area contributed by atoms with Crippen molar-refractivity contribution in [3.05, 3.63) is 0 Å². The van der Waals surface area contributed by atoms with Crippen molar-refractivity contribution in [2.75, 3.05) is 6.61 Å². The zero-order valence-corrected chi connectivity index (χ0v) is 21.3. The van der Waals surface area contributed by atoms with Crippen molar-refractivity contribution in [2.24, 2.45) is 46.3 Å². The van der Waals surface area contributed by atoms with Crippen LogP contribution in [-0.2, 0) is 14.3 Å². The number of rotatable bonds is 7. The largest absolute Gasteiger partial charge is 0.436 e. The predicted molar refractivity (Wildman–Crippen MR) is 127 cm³/mol. The Balaban J connectivity index is 1.38. The van der Waals surface area contributed by atoms with Gasteiger partial charge in [0.2, 0.25) is 0 Å². The second-order valence-corrected chi connectivity index (χ2v) is 12.3. The lowest BCUT2D eigenvalue weighted by molar-refractivity contribution is -0.174. The Labute approximate surface area is 196 Å². The maximum atomic E-state index is 12.3. The molecular formula is C28H48O4. The first-order valence-corrected chi connectivity index (χ1v) is 13.7.